The maximum absolute atomic E-state index is 12.6. The number of carbonyl (C=O) groups is 2. The Kier molecular flexibility index (Phi) is 7.99. The molecule has 1 aliphatic rings. The highest BCUT2D eigenvalue weighted by Gasteiger charge is 2.24. The zero-order chi connectivity index (χ0) is 24.7. The van der Waals surface area contributed by atoms with Crippen LogP contribution in [0.3, 0.4) is 0 Å². The Morgan fingerprint density at radius 3 is 2.49 bits per heavy atom. The average Bonchev–Trinajstić information content (AvgIpc) is 3.41. The third kappa shape index (κ3) is 6.80. The van der Waals surface area contributed by atoms with Crippen molar-refractivity contribution in [2.75, 3.05) is 19.7 Å². The molecule has 8 nitrogen and oxygen atoms in total. The lowest BCUT2D eigenvalue weighted by molar-refractivity contribution is -0.135. The molecule has 1 amide bonds. The number of hydrogen-bond donors (Lipinski definition) is 1. The van der Waals surface area contributed by atoms with Crippen LogP contribution < -0.4 is 4.72 Å². The Morgan fingerprint density at radius 2 is 1.77 bits per heavy atom. The van der Waals surface area contributed by atoms with E-state index in [0.29, 0.717) is 24.8 Å². The van der Waals surface area contributed by atoms with Crippen molar-refractivity contribution in [3.63, 3.8) is 0 Å². The number of benzene rings is 2. The van der Waals surface area contributed by atoms with Crippen LogP contribution in [0, 0.1) is 5.92 Å². The monoisotopic (exact) mass is 496 g/mol. The molecule has 0 unspecified atom stereocenters. The van der Waals surface area contributed by atoms with Crippen LogP contribution in [0.5, 0.6) is 0 Å². The number of nitrogens with one attached hydrogen (secondary N) is 1. The number of esters is 1. The molecule has 1 fully saturated rings. The van der Waals surface area contributed by atoms with Gasteiger partial charge in [-0.15, -0.1) is 0 Å². The molecule has 1 aliphatic heterocycles. The maximum atomic E-state index is 12.6. The number of ether oxygens (including phenoxy) is 1. The average molecular weight is 497 g/mol. The van der Waals surface area contributed by atoms with Gasteiger partial charge in [-0.25, -0.2) is 17.9 Å². The first kappa shape index (κ1) is 24.7. The molecular weight excluding hydrogens is 468 g/mol. The zero-order valence-corrected chi connectivity index (χ0v) is 20.1. The van der Waals surface area contributed by atoms with Crippen molar-refractivity contribution in [2.45, 2.75) is 30.7 Å². The second-order valence-electron chi connectivity index (χ2n) is 8.52. The van der Waals surface area contributed by atoms with Gasteiger partial charge >= 0.3 is 5.97 Å². The van der Waals surface area contributed by atoms with E-state index in [9.17, 15) is 18.0 Å². The van der Waals surface area contributed by atoms with Crippen molar-refractivity contribution in [3.05, 3.63) is 89.9 Å². The van der Waals surface area contributed by atoms with Gasteiger partial charge in [-0.1, -0.05) is 36.4 Å². The molecular formula is C26H28N2O6S. The summed E-state index contributed by atoms with van der Waals surface area (Å²) >= 11 is 0. The van der Waals surface area contributed by atoms with Gasteiger partial charge in [0.15, 0.2) is 6.61 Å². The van der Waals surface area contributed by atoms with E-state index in [2.05, 4.69) is 16.9 Å². The number of likely N-dealkylation sites (tertiary alicyclic amines) is 1. The molecule has 9 heteroatoms. The first-order valence-electron chi connectivity index (χ1n) is 11.5. The number of amides is 1. The molecule has 1 N–H and O–H groups in total. The fourth-order valence-corrected chi connectivity index (χ4v) is 5.13. The quantitative estimate of drug-likeness (QED) is 0.455. The van der Waals surface area contributed by atoms with Crippen molar-refractivity contribution < 1.29 is 27.2 Å². The topological polar surface area (TPSA) is 106 Å². The van der Waals surface area contributed by atoms with Crippen molar-refractivity contribution in [1.29, 1.82) is 0 Å². The molecule has 3 aromatic rings. The summed E-state index contributed by atoms with van der Waals surface area (Å²) in [7, 11) is -3.86. The van der Waals surface area contributed by atoms with E-state index in [-0.39, 0.29) is 29.5 Å². The SMILES string of the molecule is O=C(OCC(=O)N1CCC(Cc2ccccc2)CC1)c1cccc(S(=O)(=O)NCc2ccco2)c1. The van der Waals surface area contributed by atoms with E-state index < -0.39 is 16.0 Å². The lowest BCUT2D eigenvalue weighted by Crippen LogP contribution is -2.41. The first-order chi connectivity index (χ1) is 16.9. The second kappa shape index (κ2) is 11.3. The minimum Gasteiger partial charge on any atom is -0.468 e. The van der Waals surface area contributed by atoms with Crippen molar-refractivity contribution >= 4 is 21.9 Å². The molecule has 0 saturated carbocycles. The molecule has 35 heavy (non-hydrogen) atoms. The summed E-state index contributed by atoms with van der Waals surface area (Å²) in [6.07, 6.45) is 4.25. The van der Waals surface area contributed by atoms with E-state index in [4.69, 9.17) is 9.15 Å². The van der Waals surface area contributed by atoms with Crippen molar-refractivity contribution in [1.82, 2.24) is 9.62 Å². The highest BCUT2D eigenvalue weighted by Crippen LogP contribution is 2.22. The van der Waals surface area contributed by atoms with Crippen LogP contribution in [-0.4, -0.2) is 44.9 Å². The molecule has 0 atom stereocenters. The third-order valence-electron chi connectivity index (χ3n) is 6.06. The fraction of sp³-hybridized carbons (Fsp3) is 0.308. The number of nitrogens with zero attached hydrogens (tertiary/aromatic N) is 1. The second-order valence-corrected chi connectivity index (χ2v) is 10.3. The Labute approximate surface area is 204 Å². The van der Waals surface area contributed by atoms with Crippen LogP contribution in [0.15, 0.2) is 82.3 Å². The van der Waals surface area contributed by atoms with Crippen LogP contribution in [-0.2, 0) is 32.5 Å². The molecule has 2 aromatic carbocycles. The highest BCUT2D eigenvalue weighted by atomic mass is 32.2. The van der Waals surface area contributed by atoms with Crippen molar-refractivity contribution in [3.8, 4) is 0 Å². The van der Waals surface area contributed by atoms with Crippen LogP contribution in [0.1, 0.15) is 34.5 Å². The first-order valence-corrected chi connectivity index (χ1v) is 13.0. The molecule has 1 saturated heterocycles. The molecule has 0 bridgehead atoms. The summed E-state index contributed by atoms with van der Waals surface area (Å²) in [5, 5.41) is 0. The van der Waals surface area contributed by atoms with Gasteiger partial charge in [0.05, 0.1) is 23.3 Å². The molecule has 4 rings (SSSR count). The number of hydrogen-bond acceptors (Lipinski definition) is 6. The van der Waals surface area contributed by atoms with E-state index >= 15 is 0 Å². The molecule has 0 spiro atoms. The molecule has 0 radical (unpaired) electrons. The van der Waals surface area contributed by atoms with Gasteiger partial charge in [-0.3, -0.25) is 4.79 Å². The fourth-order valence-electron chi connectivity index (χ4n) is 4.09. The number of furan rings is 1. The van der Waals surface area contributed by atoms with Crippen LogP contribution >= 0.6 is 0 Å². The minimum absolute atomic E-state index is 0.0133. The minimum atomic E-state index is -3.86. The van der Waals surface area contributed by atoms with E-state index in [0.717, 1.165) is 19.3 Å². The van der Waals surface area contributed by atoms with Gasteiger partial charge in [0, 0.05) is 13.1 Å². The Morgan fingerprint density at radius 1 is 1.00 bits per heavy atom. The Hall–Kier alpha value is -3.43. The van der Waals surface area contributed by atoms with Gasteiger partial charge in [0.1, 0.15) is 5.76 Å². The molecule has 0 aliphatic carbocycles. The predicted molar refractivity (Wildman–Crippen MR) is 129 cm³/mol. The lowest BCUT2D eigenvalue weighted by atomic mass is 9.90. The summed E-state index contributed by atoms with van der Waals surface area (Å²) in [6, 6.07) is 19.1. The van der Waals surface area contributed by atoms with Gasteiger partial charge in [0.25, 0.3) is 5.91 Å². The summed E-state index contributed by atoms with van der Waals surface area (Å²) in [6.45, 7) is 0.863. The predicted octanol–water partition coefficient (Wildman–Crippen LogP) is 3.40. The summed E-state index contributed by atoms with van der Waals surface area (Å²) < 4.78 is 37.8. The third-order valence-corrected chi connectivity index (χ3v) is 7.46. The van der Waals surface area contributed by atoms with Gasteiger partial charge in [-0.2, -0.15) is 0 Å². The van der Waals surface area contributed by atoms with E-state index in [1.54, 1.807) is 17.0 Å². The summed E-state index contributed by atoms with van der Waals surface area (Å²) in [5.74, 6) is -0.0114. The number of piperidine rings is 1. The van der Waals surface area contributed by atoms with Gasteiger partial charge in [-0.05, 0) is 61.1 Å². The Bertz CT molecular complexity index is 1230. The Balaban J connectivity index is 1.26. The van der Waals surface area contributed by atoms with Crippen molar-refractivity contribution in [2.24, 2.45) is 5.92 Å². The number of sulfonamides is 1. The molecule has 184 valence electrons. The number of rotatable bonds is 9. The van der Waals surface area contributed by atoms with Crippen LogP contribution in [0.4, 0.5) is 0 Å². The standard InChI is InChI=1S/C26H28N2O6S/c29-25(28-13-11-21(12-14-28)16-20-6-2-1-3-7-20)19-34-26(30)22-8-4-10-24(17-22)35(31,32)27-18-23-9-5-15-33-23/h1-10,15,17,21,27H,11-14,16,18-19H2. The van der Waals surface area contributed by atoms with E-state index in [1.165, 1.54) is 36.1 Å². The van der Waals surface area contributed by atoms with Gasteiger partial charge < -0.3 is 14.1 Å². The maximum Gasteiger partial charge on any atom is 0.338 e. The van der Waals surface area contributed by atoms with E-state index in [1.807, 2.05) is 18.2 Å². The smallest absolute Gasteiger partial charge is 0.338 e. The summed E-state index contributed by atoms with van der Waals surface area (Å²) in [5.41, 5.74) is 1.35. The molecule has 2 heterocycles. The van der Waals surface area contributed by atoms with Crippen LogP contribution in [0.25, 0.3) is 0 Å². The number of carbonyl (C=O) groups excluding carboxylic acids is 2. The van der Waals surface area contributed by atoms with Gasteiger partial charge in [0.2, 0.25) is 10.0 Å². The largest absolute Gasteiger partial charge is 0.468 e. The highest BCUT2D eigenvalue weighted by molar-refractivity contribution is 7.89. The summed E-state index contributed by atoms with van der Waals surface area (Å²) in [4.78, 5) is 26.7. The lowest BCUT2D eigenvalue weighted by Gasteiger charge is -2.32. The normalized spacial score (nSPS) is 14.6. The molecule has 1 aromatic heterocycles. The van der Waals surface area contributed by atoms with Crippen LogP contribution in [0.2, 0.25) is 0 Å². The zero-order valence-electron chi connectivity index (χ0n) is 19.3.